The Morgan fingerprint density at radius 1 is 0.667 bits per heavy atom. The summed E-state index contributed by atoms with van der Waals surface area (Å²) in [5, 5.41) is 0. The van der Waals surface area contributed by atoms with Crippen LogP contribution >= 0.6 is 0 Å². The molecule has 0 bridgehead atoms. The van der Waals surface area contributed by atoms with Crippen molar-refractivity contribution in [2.24, 2.45) is 5.92 Å². The molecule has 0 spiro atoms. The van der Waals surface area contributed by atoms with E-state index in [9.17, 15) is 0 Å². The summed E-state index contributed by atoms with van der Waals surface area (Å²) in [5.74, 6) is 1.63. The van der Waals surface area contributed by atoms with E-state index in [1.807, 2.05) is 0 Å². The Bertz CT molecular complexity index is 805. The lowest BCUT2D eigenvalue weighted by Crippen LogP contribution is -2.18. The molecule has 0 saturated carbocycles. The Hall–Kier alpha value is -2.08. The van der Waals surface area contributed by atoms with Crippen LogP contribution in [0.15, 0.2) is 47.5 Å². The zero-order chi connectivity index (χ0) is 17.0. The van der Waals surface area contributed by atoms with Gasteiger partial charge in [-0.25, -0.2) is 0 Å². The number of rotatable bonds is 2. The van der Waals surface area contributed by atoms with Crippen molar-refractivity contribution in [3.63, 3.8) is 0 Å². The van der Waals surface area contributed by atoms with Gasteiger partial charge < -0.3 is 0 Å². The molecule has 2 unspecified atom stereocenters. The molecule has 0 heteroatoms. The maximum absolute atomic E-state index is 2.44. The van der Waals surface area contributed by atoms with E-state index in [0.717, 1.165) is 0 Å². The molecule has 24 heavy (non-hydrogen) atoms. The molecule has 2 aromatic carbocycles. The van der Waals surface area contributed by atoms with Gasteiger partial charge in [-0.3, -0.25) is 0 Å². The van der Waals surface area contributed by atoms with Gasteiger partial charge in [0, 0.05) is 11.8 Å². The van der Waals surface area contributed by atoms with Gasteiger partial charge in [0.25, 0.3) is 0 Å². The molecule has 0 saturated heterocycles. The minimum absolute atomic E-state index is 0.528. The van der Waals surface area contributed by atoms with Gasteiger partial charge in [0.05, 0.1) is 0 Å². The molecule has 122 valence electrons. The molecule has 0 N–H and O–H groups in total. The highest BCUT2D eigenvalue weighted by Crippen LogP contribution is 2.51. The van der Waals surface area contributed by atoms with Crippen molar-refractivity contribution < 1.29 is 0 Å². The maximum atomic E-state index is 2.44. The first-order chi connectivity index (χ1) is 11.5. The van der Waals surface area contributed by atoms with E-state index in [0.29, 0.717) is 17.8 Å². The minimum Gasteiger partial charge on any atom is -0.0649 e. The van der Waals surface area contributed by atoms with Crippen LogP contribution in [0.5, 0.6) is 0 Å². The third kappa shape index (κ3) is 2.28. The summed E-state index contributed by atoms with van der Waals surface area (Å²) in [6.07, 6.45) is 4.78. The highest BCUT2D eigenvalue weighted by atomic mass is 14.4. The second-order valence-corrected chi connectivity index (χ2v) is 7.86. The molecule has 2 aliphatic carbocycles. The number of fused-ring (bicyclic) bond motifs is 2. The van der Waals surface area contributed by atoms with Gasteiger partial charge in [-0.2, -0.15) is 0 Å². The van der Waals surface area contributed by atoms with Gasteiger partial charge in [0.1, 0.15) is 0 Å². The fourth-order valence-electron chi connectivity index (χ4n) is 4.94. The summed E-state index contributed by atoms with van der Waals surface area (Å²) in [4.78, 5) is 0. The van der Waals surface area contributed by atoms with Gasteiger partial charge >= 0.3 is 0 Å². The fourth-order valence-corrected chi connectivity index (χ4v) is 4.94. The minimum atomic E-state index is 0.528. The first kappa shape index (κ1) is 15.4. The van der Waals surface area contributed by atoms with E-state index in [1.54, 1.807) is 0 Å². The summed E-state index contributed by atoms with van der Waals surface area (Å²) in [5.41, 5.74) is 11.6. The lowest BCUT2D eigenvalue weighted by molar-refractivity contribution is 0.455. The molecule has 0 radical (unpaired) electrons. The molecule has 0 aromatic heterocycles. The zero-order valence-corrected chi connectivity index (χ0v) is 15.4. The third-order valence-corrected chi connectivity index (χ3v) is 5.95. The van der Waals surface area contributed by atoms with Crippen LogP contribution in [0.25, 0.3) is 12.2 Å². The molecular weight excluding hydrogens is 288 g/mol. The van der Waals surface area contributed by atoms with Crippen LogP contribution in [-0.4, -0.2) is 0 Å². The van der Waals surface area contributed by atoms with E-state index < -0.39 is 0 Å². The lowest BCUT2D eigenvalue weighted by atomic mass is 9.73. The van der Waals surface area contributed by atoms with E-state index in [2.05, 4.69) is 83.2 Å². The van der Waals surface area contributed by atoms with Crippen LogP contribution in [0.3, 0.4) is 0 Å². The summed E-state index contributed by atoms with van der Waals surface area (Å²) in [7, 11) is 0. The van der Waals surface area contributed by atoms with E-state index in [1.165, 1.54) is 44.5 Å². The van der Waals surface area contributed by atoms with Crippen molar-refractivity contribution in [3.8, 4) is 0 Å². The second-order valence-electron chi connectivity index (χ2n) is 7.86. The summed E-state index contributed by atoms with van der Waals surface area (Å²) < 4.78 is 0. The normalized spacial score (nSPS) is 22.7. The van der Waals surface area contributed by atoms with E-state index in [-0.39, 0.29) is 0 Å². The van der Waals surface area contributed by atoms with Crippen LogP contribution < -0.4 is 0 Å². The Balaban J connectivity index is 1.78. The molecular formula is C24H26. The van der Waals surface area contributed by atoms with Crippen molar-refractivity contribution in [2.45, 2.75) is 46.5 Å². The molecule has 0 heterocycles. The molecule has 4 rings (SSSR count). The number of allylic oxidation sites excluding steroid dienone is 2. The lowest BCUT2D eigenvalue weighted by Gasteiger charge is -2.30. The molecule has 0 nitrogen and oxygen atoms in total. The molecule has 0 fully saturated rings. The SMILES string of the molecule is CC1=Cc2ccc(C)cc2C1C(C)C1C(C)=Cc2ccc(C)cc21. The number of hydrogen-bond acceptors (Lipinski definition) is 0. The maximum Gasteiger partial charge on any atom is 0.00893 e. The van der Waals surface area contributed by atoms with Crippen molar-refractivity contribution in [3.05, 3.63) is 80.9 Å². The summed E-state index contributed by atoms with van der Waals surface area (Å²) in [6, 6.07) is 13.8. The monoisotopic (exact) mass is 314 g/mol. The van der Waals surface area contributed by atoms with Crippen LogP contribution in [0.4, 0.5) is 0 Å². The standard InChI is InChI=1S/C24H26/c1-14-6-8-19-12-16(3)23(21(19)10-14)18(5)24-17(4)13-20-9-7-15(2)11-22(20)24/h6-13,18,23-24H,1-5H3. The van der Waals surface area contributed by atoms with Crippen molar-refractivity contribution in [1.29, 1.82) is 0 Å². The molecule has 2 aromatic rings. The summed E-state index contributed by atoms with van der Waals surface area (Å²) >= 11 is 0. The van der Waals surface area contributed by atoms with E-state index >= 15 is 0 Å². The van der Waals surface area contributed by atoms with Gasteiger partial charge in [-0.1, -0.05) is 77.7 Å². The highest BCUT2D eigenvalue weighted by Gasteiger charge is 2.36. The topological polar surface area (TPSA) is 0 Å². The summed E-state index contributed by atoms with van der Waals surface area (Å²) in [6.45, 7) is 11.5. The largest absolute Gasteiger partial charge is 0.0649 e. The molecule has 2 aliphatic rings. The van der Waals surface area contributed by atoms with Crippen LogP contribution in [0, 0.1) is 19.8 Å². The first-order valence-corrected chi connectivity index (χ1v) is 9.03. The van der Waals surface area contributed by atoms with Gasteiger partial charge in [0.2, 0.25) is 0 Å². The average molecular weight is 314 g/mol. The van der Waals surface area contributed by atoms with Crippen molar-refractivity contribution >= 4 is 12.2 Å². The van der Waals surface area contributed by atoms with Gasteiger partial charge in [-0.05, 0) is 55.9 Å². The van der Waals surface area contributed by atoms with E-state index in [4.69, 9.17) is 0 Å². The average Bonchev–Trinajstić information content (AvgIpc) is 3.01. The van der Waals surface area contributed by atoms with Crippen LogP contribution in [0.1, 0.15) is 66.0 Å². The predicted molar refractivity (Wildman–Crippen MR) is 104 cm³/mol. The molecule has 0 amide bonds. The number of hydrogen-bond donors (Lipinski definition) is 0. The van der Waals surface area contributed by atoms with Crippen LogP contribution in [-0.2, 0) is 0 Å². The number of benzene rings is 2. The highest BCUT2D eigenvalue weighted by molar-refractivity contribution is 5.70. The number of aryl methyl sites for hydroxylation is 2. The smallest absolute Gasteiger partial charge is 0.00893 e. The molecule has 0 aliphatic heterocycles. The predicted octanol–water partition coefficient (Wildman–Crippen LogP) is 6.64. The Labute approximate surface area is 145 Å². The molecule has 2 atom stereocenters. The van der Waals surface area contributed by atoms with Gasteiger partial charge in [0.15, 0.2) is 0 Å². The van der Waals surface area contributed by atoms with Crippen molar-refractivity contribution in [2.75, 3.05) is 0 Å². The Morgan fingerprint density at radius 3 is 1.50 bits per heavy atom. The second kappa shape index (κ2) is 5.48. The zero-order valence-electron chi connectivity index (χ0n) is 15.4. The quantitative estimate of drug-likeness (QED) is 0.583. The first-order valence-electron chi connectivity index (χ1n) is 9.03. The Morgan fingerprint density at radius 2 is 1.08 bits per heavy atom. The van der Waals surface area contributed by atoms with Gasteiger partial charge in [-0.15, -0.1) is 0 Å². The Kier molecular flexibility index (Phi) is 3.53. The third-order valence-electron chi connectivity index (χ3n) is 5.95. The van der Waals surface area contributed by atoms with Crippen molar-refractivity contribution in [1.82, 2.24) is 0 Å². The fraction of sp³-hybridized carbons (Fsp3) is 0.333. The van der Waals surface area contributed by atoms with Crippen LogP contribution in [0.2, 0.25) is 0 Å².